The summed E-state index contributed by atoms with van der Waals surface area (Å²) in [6.07, 6.45) is 1.22. The SMILES string of the molecule is N#CC(=CNc1ccccc1S(=O)(=O)O)c1nn[nH]n1. The van der Waals surface area contributed by atoms with Gasteiger partial charge in [-0.1, -0.05) is 12.1 Å². The minimum atomic E-state index is -4.37. The third-order valence-electron chi connectivity index (χ3n) is 2.24. The van der Waals surface area contributed by atoms with E-state index in [1.165, 1.54) is 24.4 Å². The molecule has 0 atom stereocenters. The zero-order valence-corrected chi connectivity index (χ0v) is 10.7. The van der Waals surface area contributed by atoms with Crippen LogP contribution in [0.2, 0.25) is 0 Å². The second kappa shape index (κ2) is 5.47. The van der Waals surface area contributed by atoms with Gasteiger partial charge in [0, 0.05) is 6.20 Å². The minimum absolute atomic E-state index is 0.0453. The van der Waals surface area contributed by atoms with Crippen molar-refractivity contribution in [3.8, 4) is 6.07 Å². The van der Waals surface area contributed by atoms with E-state index in [1.807, 2.05) is 6.07 Å². The molecule has 0 fully saturated rings. The highest BCUT2D eigenvalue weighted by atomic mass is 32.2. The van der Waals surface area contributed by atoms with Crippen LogP contribution in [0, 0.1) is 11.3 Å². The van der Waals surface area contributed by atoms with E-state index in [2.05, 4.69) is 25.9 Å². The van der Waals surface area contributed by atoms with E-state index in [1.54, 1.807) is 6.07 Å². The van der Waals surface area contributed by atoms with Gasteiger partial charge in [-0.25, -0.2) is 0 Å². The first-order chi connectivity index (χ1) is 9.52. The van der Waals surface area contributed by atoms with Gasteiger partial charge in [-0.15, -0.1) is 10.2 Å². The minimum Gasteiger partial charge on any atom is -0.359 e. The second-order valence-electron chi connectivity index (χ2n) is 3.52. The van der Waals surface area contributed by atoms with Crippen LogP contribution in [0.4, 0.5) is 5.69 Å². The Bertz CT molecular complexity index is 776. The maximum atomic E-state index is 11.2. The lowest BCUT2D eigenvalue weighted by molar-refractivity contribution is 0.483. The van der Waals surface area contributed by atoms with Gasteiger partial charge < -0.3 is 5.32 Å². The highest BCUT2D eigenvalue weighted by Gasteiger charge is 2.14. The van der Waals surface area contributed by atoms with E-state index in [0.717, 1.165) is 0 Å². The van der Waals surface area contributed by atoms with Gasteiger partial charge in [0.15, 0.2) is 0 Å². The summed E-state index contributed by atoms with van der Waals surface area (Å²) >= 11 is 0. The zero-order valence-electron chi connectivity index (χ0n) is 9.85. The first kappa shape index (κ1) is 13.7. The molecule has 1 aromatic carbocycles. The van der Waals surface area contributed by atoms with E-state index < -0.39 is 10.1 Å². The number of nitrogens with one attached hydrogen (secondary N) is 2. The summed E-state index contributed by atoms with van der Waals surface area (Å²) in [5, 5.41) is 24.3. The molecule has 0 unspecified atom stereocenters. The van der Waals surface area contributed by atoms with Crippen LogP contribution in [0.1, 0.15) is 5.82 Å². The van der Waals surface area contributed by atoms with E-state index in [-0.39, 0.29) is 22.0 Å². The Labute approximate surface area is 113 Å². The molecule has 0 aliphatic rings. The van der Waals surface area contributed by atoms with Crippen LogP contribution < -0.4 is 5.32 Å². The zero-order chi connectivity index (χ0) is 14.6. The van der Waals surface area contributed by atoms with Crippen molar-refractivity contribution in [2.75, 3.05) is 5.32 Å². The van der Waals surface area contributed by atoms with Gasteiger partial charge in [0.05, 0.1) is 5.69 Å². The lowest BCUT2D eigenvalue weighted by atomic mass is 10.3. The standard InChI is InChI=1S/C10H8N6O3S/c11-5-7(10-13-15-16-14-10)6-12-8-3-1-2-4-9(8)20(17,18)19/h1-4,6,12H,(H,17,18,19)(H,13,14,15,16). The summed E-state index contributed by atoms with van der Waals surface area (Å²) in [5.74, 6) is 0.0596. The molecule has 2 aromatic rings. The number of hydrogen-bond donors (Lipinski definition) is 3. The van der Waals surface area contributed by atoms with Crippen molar-refractivity contribution < 1.29 is 13.0 Å². The highest BCUT2D eigenvalue weighted by molar-refractivity contribution is 7.86. The van der Waals surface area contributed by atoms with E-state index in [4.69, 9.17) is 9.81 Å². The van der Waals surface area contributed by atoms with E-state index in [9.17, 15) is 8.42 Å². The van der Waals surface area contributed by atoms with Crippen LogP contribution in [-0.4, -0.2) is 33.6 Å². The van der Waals surface area contributed by atoms with Gasteiger partial charge >= 0.3 is 0 Å². The van der Waals surface area contributed by atoms with Crippen molar-refractivity contribution in [3.63, 3.8) is 0 Å². The first-order valence-corrected chi connectivity index (χ1v) is 6.63. The fraction of sp³-hybridized carbons (Fsp3) is 0. The summed E-state index contributed by atoms with van der Waals surface area (Å²) in [6.45, 7) is 0. The predicted octanol–water partition coefficient (Wildman–Crippen LogP) is 0.423. The van der Waals surface area contributed by atoms with Crippen LogP contribution in [0.25, 0.3) is 5.57 Å². The van der Waals surface area contributed by atoms with Crippen molar-refractivity contribution >= 4 is 21.4 Å². The summed E-state index contributed by atoms with van der Waals surface area (Å²) in [6, 6.07) is 7.53. The molecule has 0 saturated carbocycles. The lowest BCUT2D eigenvalue weighted by Crippen LogP contribution is -2.03. The molecule has 0 radical (unpaired) electrons. The molecule has 1 aromatic heterocycles. The maximum Gasteiger partial charge on any atom is 0.296 e. The molecule has 102 valence electrons. The number of aromatic amines is 1. The van der Waals surface area contributed by atoms with Crippen LogP contribution in [-0.2, 0) is 10.1 Å². The number of anilines is 1. The van der Waals surface area contributed by atoms with Crippen molar-refractivity contribution in [1.82, 2.24) is 20.6 Å². The predicted molar refractivity (Wildman–Crippen MR) is 67.6 cm³/mol. The average Bonchev–Trinajstić information content (AvgIpc) is 2.93. The molecule has 9 nitrogen and oxygen atoms in total. The van der Waals surface area contributed by atoms with Gasteiger partial charge in [-0.2, -0.15) is 18.9 Å². The van der Waals surface area contributed by atoms with Gasteiger partial charge in [-0.05, 0) is 17.3 Å². The van der Waals surface area contributed by atoms with Gasteiger partial charge in [0.25, 0.3) is 10.1 Å². The topological polar surface area (TPSA) is 145 Å². The molecule has 0 saturated heterocycles. The largest absolute Gasteiger partial charge is 0.359 e. The number of rotatable bonds is 4. The van der Waals surface area contributed by atoms with Crippen LogP contribution in [0.3, 0.4) is 0 Å². The number of para-hydroxylation sites is 1. The monoisotopic (exact) mass is 292 g/mol. The summed E-state index contributed by atoms with van der Waals surface area (Å²) in [5.41, 5.74) is 0.162. The fourth-order valence-corrected chi connectivity index (χ4v) is 2.04. The second-order valence-corrected chi connectivity index (χ2v) is 4.91. The normalized spacial score (nSPS) is 11.9. The van der Waals surface area contributed by atoms with Crippen LogP contribution in [0.15, 0.2) is 35.4 Å². The molecule has 20 heavy (non-hydrogen) atoms. The molecule has 0 bridgehead atoms. The highest BCUT2D eigenvalue weighted by Crippen LogP contribution is 2.21. The Balaban J connectivity index is 2.35. The molecule has 0 spiro atoms. The van der Waals surface area contributed by atoms with Crippen LogP contribution >= 0.6 is 0 Å². The van der Waals surface area contributed by atoms with Gasteiger partial charge in [0.2, 0.25) is 5.82 Å². The lowest BCUT2D eigenvalue weighted by Gasteiger charge is -2.06. The molecule has 0 aliphatic carbocycles. The van der Waals surface area contributed by atoms with Crippen LogP contribution in [0.5, 0.6) is 0 Å². The number of allylic oxidation sites excluding steroid dienone is 1. The fourth-order valence-electron chi connectivity index (χ4n) is 1.38. The quantitative estimate of drug-likeness (QED) is 0.543. The smallest absolute Gasteiger partial charge is 0.296 e. The van der Waals surface area contributed by atoms with Crippen molar-refractivity contribution in [2.45, 2.75) is 4.90 Å². The summed E-state index contributed by atoms with van der Waals surface area (Å²) < 4.78 is 31.5. The Morgan fingerprint density at radius 3 is 2.80 bits per heavy atom. The number of nitrogens with zero attached hydrogens (tertiary/aromatic N) is 4. The number of tetrazole rings is 1. The van der Waals surface area contributed by atoms with Crippen molar-refractivity contribution in [3.05, 3.63) is 36.3 Å². The number of benzene rings is 1. The third-order valence-corrected chi connectivity index (χ3v) is 3.16. The number of hydrogen-bond acceptors (Lipinski definition) is 7. The Hall–Kier alpha value is -2.77. The molecule has 1 heterocycles. The molecule has 0 amide bonds. The summed E-state index contributed by atoms with van der Waals surface area (Å²) in [4.78, 5) is -0.304. The molecular weight excluding hydrogens is 284 g/mol. The molecule has 3 N–H and O–H groups in total. The molecule has 0 aliphatic heterocycles. The van der Waals surface area contributed by atoms with E-state index >= 15 is 0 Å². The number of aromatic nitrogens is 4. The Morgan fingerprint density at radius 1 is 1.45 bits per heavy atom. The van der Waals surface area contributed by atoms with Gasteiger partial charge in [-0.3, -0.25) is 4.55 Å². The van der Waals surface area contributed by atoms with Crippen molar-refractivity contribution in [2.24, 2.45) is 0 Å². The van der Waals surface area contributed by atoms with Gasteiger partial charge in [0.1, 0.15) is 16.5 Å². The van der Waals surface area contributed by atoms with Crippen molar-refractivity contribution in [1.29, 1.82) is 5.26 Å². The summed E-state index contributed by atoms with van der Waals surface area (Å²) in [7, 11) is -4.37. The average molecular weight is 292 g/mol. The first-order valence-electron chi connectivity index (χ1n) is 5.19. The Kier molecular flexibility index (Phi) is 3.74. The molecule has 10 heteroatoms. The number of H-pyrrole nitrogens is 1. The molecule has 2 rings (SSSR count). The third kappa shape index (κ3) is 2.97. The molecular formula is C10H8N6O3S. The maximum absolute atomic E-state index is 11.2. The van der Waals surface area contributed by atoms with E-state index in [0.29, 0.717) is 0 Å². The Morgan fingerprint density at radius 2 is 2.20 bits per heavy atom. The number of nitriles is 1.